The van der Waals surface area contributed by atoms with Gasteiger partial charge in [-0.3, -0.25) is 15.0 Å². The highest BCUT2D eigenvalue weighted by atomic mass is 16.5. The fraction of sp³-hybridized carbons (Fsp3) is 0.600. The third-order valence-corrected chi connectivity index (χ3v) is 5.26. The summed E-state index contributed by atoms with van der Waals surface area (Å²) in [5.74, 6) is 1.13. The molecule has 27 heavy (non-hydrogen) atoms. The standard InChI is InChI=1S/C20H30N4O3/c25-18(21-12-6-14-27-15-7-2-1-3-8-15)11-13-22-20(26)19-16-9-4-5-10-17(16)23-24-19/h1-3,7-8,16-17,19,23-24H,4-6,9-14H2,(H,21,25)(H,22,26). The Bertz CT molecular complexity index is 611. The number of benzene rings is 1. The maximum absolute atomic E-state index is 12.4. The van der Waals surface area contributed by atoms with Gasteiger partial charge in [-0.1, -0.05) is 31.0 Å². The maximum Gasteiger partial charge on any atom is 0.238 e. The van der Waals surface area contributed by atoms with Crippen LogP contribution in [0.1, 0.15) is 38.5 Å². The molecule has 0 bridgehead atoms. The van der Waals surface area contributed by atoms with Gasteiger partial charge < -0.3 is 15.4 Å². The molecular weight excluding hydrogens is 344 g/mol. The van der Waals surface area contributed by atoms with Crippen molar-refractivity contribution in [1.82, 2.24) is 21.5 Å². The average Bonchev–Trinajstić information content (AvgIpc) is 3.13. The fourth-order valence-electron chi connectivity index (χ4n) is 3.81. The van der Waals surface area contributed by atoms with Gasteiger partial charge in [0.2, 0.25) is 11.8 Å². The molecule has 1 heterocycles. The molecule has 1 aliphatic heterocycles. The first-order chi connectivity index (χ1) is 13.2. The van der Waals surface area contributed by atoms with Crippen LogP contribution in [0, 0.1) is 5.92 Å². The second-order valence-corrected chi connectivity index (χ2v) is 7.23. The molecule has 2 amide bonds. The van der Waals surface area contributed by atoms with Crippen molar-refractivity contribution in [3.63, 3.8) is 0 Å². The van der Waals surface area contributed by atoms with E-state index in [0.717, 1.165) is 25.0 Å². The number of hydrazine groups is 1. The molecule has 3 rings (SSSR count). The molecule has 1 aromatic rings. The smallest absolute Gasteiger partial charge is 0.238 e. The molecule has 2 fully saturated rings. The highest BCUT2D eigenvalue weighted by Gasteiger charge is 2.40. The number of fused-ring (bicyclic) bond motifs is 1. The lowest BCUT2D eigenvalue weighted by molar-refractivity contribution is -0.124. The number of amides is 2. The van der Waals surface area contributed by atoms with Gasteiger partial charge in [-0.2, -0.15) is 0 Å². The molecule has 4 N–H and O–H groups in total. The van der Waals surface area contributed by atoms with Crippen LogP contribution < -0.4 is 26.2 Å². The molecule has 1 aromatic carbocycles. The topological polar surface area (TPSA) is 91.5 Å². The summed E-state index contributed by atoms with van der Waals surface area (Å²) in [5.41, 5.74) is 6.36. The van der Waals surface area contributed by atoms with Crippen molar-refractivity contribution in [1.29, 1.82) is 0 Å². The molecule has 7 heteroatoms. The molecule has 0 aromatic heterocycles. The third-order valence-electron chi connectivity index (χ3n) is 5.26. The Morgan fingerprint density at radius 2 is 1.85 bits per heavy atom. The highest BCUT2D eigenvalue weighted by molar-refractivity contribution is 5.83. The minimum absolute atomic E-state index is 0.0130. The first kappa shape index (κ1) is 19.6. The van der Waals surface area contributed by atoms with Crippen molar-refractivity contribution in [2.24, 2.45) is 5.92 Å². The summed E-state index contributed by atoms with van der Waals surface area (Å²) in [4.78, 5) is 24.2. The molecule has 1 saturated carbocycles. The van der Waals surface area contributed by atoms with Crippen LogP contribution in [0.2, 0.25) is 0 Å². The molecule has 1 aliphatic carbocycles. The molecule has 0 radical (unpaired) electrons. The van der Waals surface area contributed by atoms with E-state index in [9.17, 15) is 9.59 Å². The van der Waals surface area contributed by atoms with E-state index in [0.29, 0.717) is 38.1 Å². The number of rotatable bonds is 9. The summed E-state index contributed by atoms with van der Waals surface area (Å²) in [6.45, 7) is 1.49. The lowest BCUT2D eigenvalue weighted by Crippen LogP contribution is -2.46. The Kier molecular flexibility index (Phi) is 7.47. The zero-order chi connectivity index (χ0) is 18.9. The van der Waals surface area contributed by atoms with Gasteiger partial charge in [-0.25, -0.2) is 5.43 Å². The number of para-hydroxylation sites is 1. The normalized spacial score (nSPS) is 24.1. The predicted octanol–water partition coefficient (Wildman–Crippen LogP) is 1.11. The van der Waals surface area contributed by atoms with Gasteiger partial charge in [0.15, 0.2) is 0 Å². The van der Waals surface area contributed by atoms with E-state index in [4.69, 9.17) is 4.74 Å². The number of carbonyl (C=O) groups excluding carboxylic acids is 2. The minimum Gasteiger partial charge on any atom is -0.494 e. The van der Waals surface area contributed by atoms with Crippen molar-refractivity contribution >= 4 is 11.8 Å². The van der Waals surface area contributed by atoms with E-state index in [1.807, 2.05) is 30.3 Å². The van der Waals surface area contributed by atoms with E-state index in [-0.39, 0.29) is 17.9 Å². The van der Waals surface area contributed by atoms with Crippen LogP contribution in [0.3, 0.4) is 0 Å². The van der Waals surface area contributed by atoms with E-state index in [2.05, 4.69) is 21.5 Å². The van der Waals surface area contributed by atoms with Crippen LogP contribution in [0.4, 0.5) is 0 Å². The Morgan fingerprint density at radius 1 is 1.04 bits per heavy atom. The summed E-state index contributed by atoms with van der Waals surface area (Å²) < 4.78 is 5.58. The quantitative estimate of drug-likeness (QED) is 0.486. The Balaban J connectivity index is 1.23. The Labute approximate surface area is 160 Å². The lowest BCUT2D eigenvalue weighted by atomic mass is 9.81. The molecule has 3 atom stereocenters. The molecule has 2 aliphatic rings. The number of ether oxygens (including phenoxy) is 1. The van der Waals surface area contributed by atoms with Crippen molar-refractivity contribution in [2.75, 3.05) is 19.7 Å². The predicted molar refractivity (Wildman–Crippen MR) is 103 cm³/mol. The van der Waals surface area contributed by atoms with E-state index >= 15 is 0 Å². The largest absolute Gasteiger partial charge is 0.494 e. The Morgan fingerprint density at radius 3 is 2.70 bits per heavy atom. The van der Waals surface area contributed by atoms with Gasteiger partial charge in [0, 0.05) is 31.5 Å². The van der Waals surface area contributed by atoms with Crippen LogP contribution in [-0.2, 0) is 9.59 Å². The zero-order valence-electron chi connectivity index (χ0n) is 15.7. The van der Waals surface area contributed by atoms with Crippen LogP contribution in [0.25, 0.3) is 0 Å². The molecule has 148 valence electrons. The van der Waals surface area contributed by atoms with Crippen LogP contribution in [0.15, 0.2) is 30.3 Å². The average molecular weight is 374 g/mol. The monoisotopic (exact) mass is 374 g/mol. The van der Waals surface area contributed by atoms with Gasteiger partial charge >= 0.3 is 0 Å². The van der Waals surface area contributed by atoms with Gasteiger partial charge in [0.1, 0.15) is 11.8 Å². The van der Waals surface area contributed by atoms with Crippen molar-refractivity contribution in [3.05, 3.63) is 30.3 Å². The molecule has 1 saturated heterocycles. The first-order valence-corrected chi connectivity index (χ1v) is 9.97. The van der Waals surface area contributed by atoms with Gasteiger partial charge in [-0.15, -0.1) is 0 Å². The van der Waals surface area contributed by atoms with Crippen LogP contribution >= 0.6 is 0 Å². The molecule has 0 spiro atoms. The van der Waals surface area contributed by atoms with E-state index in [1.54, 1.807) is 0 Å². The first-order valence-electron chi connectivity index (χ1n) is 9.97. The number of carbonyl (C=O) groups is 2. The maximum atomic E-state index is 12.4. The van der Waals surface area contributed by atoms with Crippen molar-refractivity contribution in [2.45, 2.75) is 50.6 Å². The second-order valence-electron chi connectivity index (χ2n) is 7.23. The zero-order valence-corrected chi connectivity index (χ0v) is 15.7. The van der Waals surface area contributed by atoms with Gasteiger partial charge in [-0.05, 0) is 31.4 Å². The lowest BCUT2D eigenvalue weighted by Gasteiger charge is -2.26. The van der Waals surface area contributed by atoms with E-state index in [1.165, 1.54) is 12.8 Å². The molecule has 3 unspecified atom stereocenters. The van der Waals surface area contributed by atoms with E-state index < -0.39 is 0 Å². The third kappa shape index (κ3) is 5.94. The number of hydrogen-bond acceptors (Lipinski definition) is 5. The summed E-state index contributed by atoms with van der Waals surface area (Å²) >= 11 is 0. The van der Waals surface area contributed by atoms with Crippen molar-refractivity contribution < 1.29 is 14.3 Å². The van der Waals surface area contributed by atoms with Crippen LogP contribution in [0.5, 0.6) is 5.75 Å². The van der Waals surface area contributed by atoms with Crippen molar-refractivity contribution in [3.8, 4) is 5.75 Å². The van der Waals surface area contributed by atoms with Gasteiger partial charge in [0.05, 0.1) is 6.61 Å². The molecular formula is C20H30N4O3. The number of nitrogens with one attached hydrogen (secondary N) is 4. The minimum atomic E-state index is -0.187. The van der Waals surface area contributed by atoms with Gasteiger partial charge in [0.25, 0.3) is 0 Å². The Hall–Kier alpha value is -2.12. The summed E-state index contributed by atoms with van der Waals surface area (Å²) in [7, 11) is 0. The summed E-state index contributed by atoms with van der Waals surface area (Å²) in [5, 5.41) is 5.74. The molecule has 7 nitrogen and oxygen atoms in total. The SMILES string of the molecule is O=C(CCNC(=O)C1NNC2CCCCC21)NCCCOc1ccccc1. The van der Waals surface area contributed by atoms with Crippen LogP contribution in [-0.4, -0.2) is 43.6 Å². The highest BCUT2D eigenvalue weighted by Crippen LogP contribution is 2.30. The fourth-order valence-corrected chi connectivity index (χ4v) is 3.81. The second kappa shape index (κ2) is 10.3. The summed E-state index contributed by atoms with van der Waals surface area (Å²) in [6, 6.07) is 9.83. The number of hydrogen-bond donors (Lipinski definition) is 4. The summed E-state index contributed by atoms with van der Waals surface area (Å²) in [6.07, 6.45) is 5.64.